The van der Waals surface area contributed by atoms with Crippen LogP contribution < -0.4 is 10.1 Å². The zero-order valence-electron chi connectivity index (χ0n) is 11.9. The van der Waals surface area contributed by atoms with Crippen molar-refractivity contribution in [3.8, 4) is 11.6 Å². The summed E-state index contributed by atoms with van der Waals surface area (Å²) in [5, 5.41) is 3.24. The van der Waals surface area contributed by atoms with Gasteiger partial charge in [-0.2, -0.15) is 0 Å². The Morgan fingerprint density at radius 3 is 2.71 bits per heavy atom. The Labute approximate surface area is 122 Å². The van der Waals surface area contributed by atoms with Gasteiger partial charge < -0.3 is 10.1 Å². The predicted molar refractivity (Wildman–Crippen MR) is 75.0 cm³/mol. The largest absolute Gasteiger partial charge is 0.437 e. The molecule has 1 aromatic carbocycles. The molecule has 6 heteroatoms. The Kier molecular flexibility index (Phi) is 5.16. The maximum Gasteiger partial charge on any atom is 0.238 e. The number of nitrogens with zero attached hydrogens (tertiary/aromatic N) is 2. The Bertz CT molecular complexity index is 605. The molecule has 0 fully saturated rings. The summed E-state index contributed by atoms with van der Waals surface area (Å²) in [6, 6.07) is 3.32. The predicted octanol–water partition coefficient (Wildman–Crippen LogP) is 3.29. The number of benzene rings is 1. The summed E-state index contributed by atoms with van der Waals surface area (Å²) in [6.07, 6.45) is 3.05. The molecule has 21 heavy (non-hydrogen) atoms. The molecule has 2 rings (SSSR count). The van der Waals surface area contributed by atoms with E-state index in [0.29, 0.717) is 12.5 Å². The summed E-state index contributed by atoms with van der Waals surface area (Å²) in [4.78, 5) is 8.28. The zero-order valence-corrected chi connectivity index (χ0v) is 11.9. The van der Waals surface area contributed by atoms with Gasteiger partial charge in [0.1, 0.15) is 5.75 Å². The molecule has 0 unspecified atom stereocenters. The molecule has 0 saturated heterocycles. The zero-order chi connectivity index (χ0) is 15.2. The standard InChI is InChI=1S/C15H17F2N3O/c1-10(2)6-18-7-11-8-19-9-15(20-11)21-12-3-4-13(16)14(17)5-12/h3-5,8-10,18H,6-7H2,1-2H3. The van der Waals surface area contributed by atoms with Crippen molar-refractivity contribution in [3.05, 3.63) is 47.9 Å². The molecule has 1 aromatic heterocycles. The first-order valence-corrected chi connectivity index (χ1v) is 6.69. The molecule has 2 aromatic rings. The van der Waals surface area contributed by atoms with Crippen LogP contribution in [0, 0.1) is 17.6 Å². The van der Waals surface area contributed by atoms with Crippen LogP contribution in [0.3, 0.4) is 0 Å². The van der Waals surface area contributed by atoms with Gasteiger partial charge in [-0.15, -0.1) is 0 Å². The highest BCUT2D eigenvalue weighted by atomic mass is 19.2. The number of aromatic nitrogens is 2. The van der Waals surface area contributed by atoms with Crippen molar-refractivity contribution in [1.82, 2.24) is 15.3 Å². The second-order valence-electron chi connectivity index (χ2n) is 5.05. The molecule has 1 heterocycles. The molecule has 0 aliphatic heterocycles. The van der Waals surface area contributed by atoms with E-state index in [0.717, 1.165) is 24.4 Å². The van der Waals surface area contributed by atoms with Gasteiger partial charge >= 0.3 is 0 Å². The molecule has 4 nitrogen and oxygen atoms in total. The third-order valence-electron chi connectivity index (χ3n) is 2.63. The highest BCUT2D eigenvalue weighted by Crippen LogP contribution is 2.21. The lowest BCUT2D eigenvalue weighted by Gasteiger charge is -2.08. The van der Waals surface area contributed by atoms with E-state index in [1.807, 2.05) is 0 Å². The minimum atomic E-state index is -0.963. The fourth-order valence-corrected chi connectivity index (χ4v) is 1.67. The minimum absolute atomic E-state index is 0.176. The van der Waals surface area contributed by atoms with Crippen LogP contribution in [-0.2, 0) is 6.54 Å². The number of hydrogen-bond acceptors (Lipinski definition) is 4. The second-order valence-corrected chi connectivity index (χ2v) is 5.05. The van der Waals surface area contributed by atoms with E-state index in [-0.39, 0.29) is 11.6 Å². The fourth-order valence-electron chi connectivity index (χ4n) is 1.67. The van der Waals surface area contributed by atoms with Gasteiger partial charge in [0.25, 0.3) is 0 Å². The summed E-state index contributed by atoms with van der Waals surface area (Å²) >= 11 is 0. The lowest BCUT2D eigenvalue weighted by molar-refractivity contribution is 0.442. The molecular formula is C15H17F2N3O. The van der Waals surface area contributed by atoms with Crippen molar-refractivity contribution in [2.45, 2.75) is 20.4 Å². The first-order chi connectivity index (χ1) is 10.0. The summed E-state index contributed by atoms with van der Waals surface area (Å²) in [6.45, 7) is 5.67. The molecule has 0 aliphatic carbocycles. The van der Waals surface area contributed by atoms with Gasteiger partial charge in [0.15, 0.2) is 11.6 Å². The normalized spacial score (nSPS) is 10.9. The Balaban J connectivity index is 2.01. The molecule has 1 N–H and O–H groups in total. The van der Waals surface area contributed by atoms with E-state index in [1.54, 1.807) is 6.20 Å². The van der Waals surface area contributed by atoms with Crippen LogP contribution in [0.5, 0.6) is 11.6 Å². The lowest BCUT2D eigenvalue weighted by atomic mass is 10.2. The van der Waals surface area contributed by atoms with Gasteiger partial charge in [-0.3, -0.25) is 4.98 Å². The smallest absolute Gasteiger partial charge is 0.238 e. The quantitative estimate of drug-likeness (QED) is 0.887. The average Bonchev–Trinajstić information content (AvgIpc) is 2.43. The topological polar surface area (TPSA) is 47.0 Å². The van der Waals surface area contributed by atoms with Crippen LogP contribution in [0.4, 0.5) is 8.78 Å². The first kappa shape index (κ1) is 15.3. The third kappa shape index (κ3) is 4.75. The fraction of sp³-hybridized carbons (Fsp3) is 0.333. The van der Waals surface area contributed by atoms with Crippen molar-refractivity contribution in [2.75, 3.05) is 6.54 Å². The van der Waals surface area contributed by atoms with Crippen LogP contribution in [0.15, 0.2) is 30.6 Å². The summed E-state index contributed by atoms with van der Waals surface area (Å²) in [7, 11) is 0. The molecule has 0 spiro atoms. The summed E-state index contributed by atoms with van der Waals surface area (Å²) in [5.74, 6) is -0.921. The molecule has 0 aliphatic rings. The van der Waals surface area contributed by atoms with Gasteiger partial charge in [0.2, 0.25) is 5.88 Å². The molecule has 0 bridgehead atoms. The second kappa shape index (κ2) is 7.08. The molecular weight excluding hydrogens is 276 g/mol. The van der Waals surface area contributed by atoms with Gasteiger partial charge in [0.05, 0.1) is 11.9 Å². The van der Waals surface area contributed by atoms with Crippen molar-refractivity contribution >= 4 is 0 Å². The van der Waals surface area contributed by atoms with Crippen molar-refractivity contribution in [1.29, 1.82) is 0 Å². The van der Waals surface area contributed by atoms with E-state index in [4.69, 9.17) is 4.74 Å². The summed E-state index contributed by atoms with van der Waals surface area (Å²) in [5.41, 5.74) is 0.718. The van der Waals surface area contributed by atoms with E-state index in [1.165, 1.54) is 12.3 Å². The number of nitrogens with one attached hydrogen (secondary N) is 1. The maximum absolute atomic E-state index is 13.1. The number of hydrogen-bond donors (Lipinski definition) is 1. The third-order valence-corrected chi connectivity index (χ3v) is 2.63. The Morgan fingerprint density at radius 1 is 1.19 bits per heavy atom. The molecule has 0 radical (unpaired) electrons. The summed E-state index contributed by atoms with van der Waals surface area (Å²) < 4.78 is 31.3. The molecule has 0 amide bonds. The number of ether oxygens (including phenoxy) is 1. The minimum Gasteiger partial charge on any atom is -0.437 e. The Morgan fingerprint density at radius 2 is 2.00 bits per heavy atom. The number of rotatable bonds is 6. The van der Waals surface area contributed by atoms with Gasteiger partial charge in [-0.05, 0) is 24.6 Å². The molecule has 0 atom stereocenters. The van der Waals surface area contributed by atoms with Crippen LogP contribution in [0.2, 0.25) is 0 Å². The lowest BCUT2D eigenvalue weighted by Crippen LogP contribution is -2.19. The van der Waals surface area contributed by atoms with Crippen molar-refractivity contribution < 1.29 is 13.5 Å². The average molecular weight is 293 g/mol. The van der Waals surface area contributed by atoms with Crippen molar-refractivity contribution in [2.24, 2.45) is 5.92 Å². The monoisotopic (exact) mass is 293 g/mol. The van der Waals surface area contributed by atoms with Crippen LogP contribution in [0.25, 0.3) is 0 Å². The van der Waals surface area contributed by atoms with Crippen LogP contribution >= 0.6 is 0 Å². The molecule has 112 valence electrons. The maximum atomic E-state index is 13.1. The Hall–Kier alpha value is -2.08. The van der Waals surface area contributed by atoms with Gasteiger partial charge in [0, 0.05) is 18.8 Å². The van der Waals surface area contributed by atoms with Crippen LogP contribution in [-0.4, -0.2) is 16.5 Å². The highest BCUT2D eigenvalue weighted by molar-refractivity contribution is 5.27. The van der Waals surface area contributed by atoms with E-state index in [9.17, 15) is 8.78 Å². The highest BCUT2D eigenvalue weighted by Gasteiger charge is 2.06. The molecule has 0 saturated carbocycles. The van der Waals surface area contributed by atoms with Crippen molar-refractivity contribution in [3.63, 3.8) is 0 Å². The first-order valence-electron chi connectivity index (χ1n) is 6.69. The number of halogens is 2. The SMILES string of the molecule is CC(C)CNCc1cncc(Oc2ccc(F)c(F)c2)n1. The van der Waals surface area contributed by atoms with Gasteiger partial charge in [-0.1, -0.05) is 13.8 Å². The van der Waals surface area contributed by atoms with Crippen LogP contribution in [0.1, 0.15) is 19.5 Å². The van der Waals surface area contributed by atoms with E-state index in [2.05, 4.69) is 29.1 Å². The van der Waals surface area contributed by atoms with Gasteiger partial charge in [-0.25, -0.2) is 13.8 Å². The van der Waals surface area contributed by atoms with E-state index >= 15 is 0 Å². The van der Waals surface area contributed by atoms with E-state index < -0.39 is 11.6 Å².